The van der Waals surface area contributed by atoms with Crippen molar-refractivity contribution in [1.82, 2.24) is 0 Å². The number of benzene rings is 2. The lowest BCUT2D eigenvalue weighted by atomic mass is 10.2. The van der Waals surface area contributed by atoms with Gasteiger partial charge < -0.3 is 10.6 Å². The Labute approximate surface area is 150 Å². The van der Waals surface area contributed by atoms with Crippen LogP contribution in [0.2, 0.25) is 10.0 Å². The van der Waals surface area contributed by atoms with Crippen LogP contribution in [0.1, 0.15) is 11.1 Å². The molecular weight excluding hydrogens is 380 g/mol. The SMILES string of the molecule is Cc1c(Cl)cccc1NC(=O)C(=O)Nc1ccc(Cl)c(C(F)(F)F)c1. The fraction of sp³-hybridized carbons (Fsp3) is 0.125. The Morgan fingerprint density at radius 1 is 0.960 bits per heavy atom. The Balaban J connectivity index is 2.14. The molecule has 0 aliphatic heterocycles. The van der Waals surface area contributed by atoms with Gasteiger partial charge in [0.25, 0.3) is 0 Å². The van der Waals surface area contributed by atoms with E-state index in [2.05, 4.69) is 10.6 Å². The standard InChI is InChI=1S/C16H11Cl2F3N2O2/c1-8-11(17)3-2-4-13(8)23-15(25)14(24)22-9-5-6-12(18)10(7-9)16(19,20)21/h2-7H,1H3,(H,22,24)(H,23,25). The summed E-state index contributed by atoms with van der Waals surface area (Å²) in [6.07, 6.45) is -4.68. The van der Waals surface area contributed by atoms with Gasteiger partial charge in [0.05, 0.1) is 10.6 Å². The van der Waals surface area contributed by atoms with Crippen LogP contribution in [0.15, 0.2) is 36.4 Å². The Hall–Kier alpha value is -2.25. The lowest BCUT2D eigenvalue weighted by Gasteiger charge is -2.12. The number of nitrogens with one attached hydrogen (secondary N) is 2. The number of halogens is 5. The maximum Gasteiger partial charge on any atom is 0.417 e. The average molecular weight is 391 g/mol. The summed E-state index contributed by atoms with van der Waals surface area (Å²) in [4.78, 5) is 23.8. The first-order chi connectivity index (χ1) is 11.6. The summed E-state index contributed by atoms with van der Waals surface area (Å²) in [5, 5.41) is 4.32. The van der Waals surface area contributed by atoms with Crippen LogP contribution in [0.5, 0.6) is 0 Å². The van der Waals surface area contributed by atoms with E-state index in [1.807, 2.05) is 0 Å². The normalized spacial score (nSPS) is 11.1. The van der Waals surface area contributed by atoms with Gasteiger partial charge in [0.1, 0.15) is 0 Å². The van der Waals surface area contributed by atoms with Crippen molar-refractivity contribution in [3.63, 3.8) is 0 Å². The van der Waals surface area contributed by atoms with Crippen LogP contribution < -0.4 is 10.6 Å². The molecule has 132 valence electrons. The summed E-state index contributed by atoms with van der Waals surface area (Å²) in [6.45, 7) is 1.64. The molecule has 2 amide bonds. The van der Waals surface area contributed by atoms with Crippen molar-refractivity contribution in [3.8, 4) is 0 Å². The molecule has 0 unspecified atom stereocenters. The second-order valence-electron chi connectivity index (χ2n) is 5.01. The molecule has 0 aliphatic carbocycles. The van der Waals surface area contributed by atoms with Crippen molar-refractivity contribution < 1.29 is 22.8 Å². The van der Waals surface area contributed by atoms with Crippen molar-refractivity contribution in [1.29, 1.82) is 0 Å². The molecule has 0 saturated carbocycles. The van der Waals surface area contributed by atoms with Crippen molar-refractivity contribution >= 4 is 46.4 Å². The van der Waals surface area contributed by atoms with Gasteiger partial charge >= 0.3 is 18.0 Å². The van der Waals surface area contributed by atoms with Gasteiger partial charge in [0, 0.05) is 16.4 Å². The Morgan fingerprint density at radius 3 is 2.24 bits per heavy atom. The third kappa shape index (κ3) is 4.64. The first-order valence-electron chi connectivity index (χ1n) is 6.84. The molecule has 9 heteroatoms. The van der Waals surface area contributed by atoms with Gasteiger partial charge in [0.2, 0.25) is 0 Å². The van der Waals surface area contributed by atoms with E-state index in [1.165, 1.54) is 6.07 Å². The molecule has 25 heavy (non-hydrogen) atoms. The van der Waals surface area contributed by atoms with Crippen LogP contribution in [0.25, 0.3) is 0 Å². The Bertz CT molecular complexity index is 839. The molecule has 2 N–H and O–H groups in total. The van der Waals surface area contributed by atoms with Crippen molar-refractivity contribution in [2.75, 3.05) is 10.6 Å². The molecule has 2 aromatic carbocycles. The molecule has 0 bridgehead atoms. The molecule has 0 radical (unpaired) electrons. The summed E-state index contributed by atoms with van der Waals surface area (Å²) < 4.78 is 38.4. The minimum Gasteiger partial charge on any atom is -0.318 e. The Morgan fingerprint density at radius 2 is 1.60 bits per heavy atom. The third-order valence-electron chi connectivity index (χ3n) is 3.25. The van der Waals surface area contributed by atoms with E-state index >= 15 is 0 Å². The van der Waals surface area contributed by atoms with Crippen LogP contribution in [-0.4, -0.2) is 11.8 Å². The largest absolute Gasteiger partial charge is 0.417 e. The topological polar surface area (TPSA) is 58.2 Å². The van der Waals surface area contributed by atoms with Crippen LogP contribution in [-0.2, 0) is 15.8 Å². The molecule has 0 spiro atoms. The zero-order valence-corrected chi connectivity index (χ0v) is 14.2. The van der Waals surface area contributed by atoms with Crippen LogP contribution >= 0.6 is 23.2 Å². The van der Waals surface area contributed by atoms with Crippen molar-refractivity contribution in [2.45, 2.75) is 13.1 Å². The van der Waals surface area contributed by atoms with Gasteiger partial charge in [-0.1, -0.05) is 29.3 Å². The summed E-state index contributed by atoms with van der Waals surface area (Å²) >= 11 is 11.4. The number of anilines is 2. The number of carbonyl (C=O) groups is 2. The minimum atomic E-state index is -4.68. The molecule has 0 saturated heterocycles. The second-order valence-corrected chi connectivity index (χ2v) is 5.83. The molecule has 0 aliphatic rings. The highest BCUT2D eigenvalue weighted by Crippen LogP contribution is 2.36. The number of hydrogen-bond acceptors (Lipinski definition) is 2. The zero-order chi connectivity index (χ0) is 18.8. The third-order valence-corrected chi connectivity index (χ3v) is 3.99. The fourth-order valence-electron chi connectivity index (χ4n) is 1.93. The molecule has 4 nitrogen and oxygen atoms in total. The molecule has 0 fully saturated rings. The summed E-state index contributed by atoms with van der Waals surface area (Å²) in [5.74, 6) is -2.18. The van der Waals surface area contributed by atoms with Gasteiger partial charge in [-0.2, -0.15) is 13.2 Å². The lowest BCUT2D eigenvalue weighted by molar-refractivity contribution is -0.137. The number of amides is 2. The summed E-state index contributed by atoms with van der Waals surface area (Å²) in [6, 6.07) is 7.53. The quantitative estimate of drug-likeness (QED) is 0.716. The van der Waals surface area contributed by atoms with Gasteiger partial charge in [-0.3, -0.25) is 9.59 Å². The van der Waals surface area contributed by atoms with Crippen molar-refractivity contribution in [2.24, 2.45) is 0 Å². The maximum absolute atomic E-state index is 12.8. The molecule has 0 atom stereocenters. The molecule has 2 aromatic rings. The van der Waals surface area contributed by atoms with E-state index in [0.29, 0.717) is 22.3 Å². The maximum atomic E-state index is 12.8. The van der Waals surface area contributed by atoms with E-state index in [0.717, 1.165) is 12.1 Å². The molecular formula is C16H11Cl2F3N2O2. The van der Waals surface area contributed by atoms with E-state index < -0.39 is 28.6 Å². The molecule has 0 aromatic heterocycles. The Kier molecular flexibility index (Phi) is 5.59. The van der Waals surface area contributed by atoms with Crippen molar-refractivity contribution in [3.05, 3.63) is 57.6 Å². The smallest absolute Gasteiger partial charge is 0.318 e. The second kappa shape index (κ2) is 7.33. The lowest BCUT2D eigenvalue weighted by Crippen LogP contribution is -2.29. The number of alkyl halides is 3. The van der Waals surface area contributed by atoms with Gasteiger partial charge in [-0.05, 0) is 42.8 Å². The van der Waals surface area contributed by atoms with E-state index in [9.17, 15) is 22.8 Å². The monoisotopic (exact) mass is 390 g/mol. The summed E-state index contributed by atoms with van der Waals surface area (Å²) in [7, 11) is 0. The van der Waals surface area contributed by atoms with Gasteiger partial charge in [0.15, 0.2) is 0 Å². The minimum absolute atomic E-state index is 0.209. The molecule has 2 rings (SSSR count). The first-order valence-corrected chi connectivity index (χ1v) is 7.59. The average Bonchev–Trinajstić information content (AvgIpc) is 2.52. The van der Waals surface area contributed by atoms with Gasteiger partial charge in [-0.25, -0.2) is 0 Å². The predicted octanol–water partition coefficient (Wildman–Crippen LogP) is 4.90. The van der Waals surface area contributed by atoms with Crippen LogP contribution in [0.3, 0.4) is 0 Å². The fourth-order valence-corrected chi connectivity index (χ4v) is 2.33. The van der Waals surface area contributed by atoms with E-state index in [-0.39, 0.29) is 5.69 Å². The first kappa shape index (κ1) is 19.1. The van der Waals surface area contributed by atoms with Gasteiger partial charge in [-0.15, -0.1) is 0 Å². The highest BCUT2D eigenvalue weighted by molar-refractivity contribution is 6.44. The summed E-state index contributed by atoms with van der Waals surface area (Å²) in [5.41, 5.74) is -0.450. The van der Waals surface area contributed by atoms with E-state index in [4.69, 9.17) is 23.2 Å². The molecule has 0 heterocycles. The zero-order valence-electron chi connectivity index (χ0n) is 12.7. The van der Waals surface area contributed by atoms with E-state index in [1.54, 1.807) is 19.1 Å². The van der Waals surface area contributed by atoms with Crippen LogP contribution in [0, 0.1) is 6.92 Å². The van der Waals surface area contributed by atoms with Crippen LogP contribution in [0.4, 0.5) is 24.5 Å². The predicted molar refractivity (Wildman–Crippen MR) is 89.9 cm³/mol. The highest BCUT2D eigenvalue weighted by atomic mass is 35.5. The highest BCUT2D eigenvalue weighted by Gasteiger charge is 2.33. The number of rotatable bonds is 2. The number of carbonyl (C=O) groups excluding carboxylic acids is 2. The number of hydrogen-bond donors (Lipinski definition) is 2.